The fourth-order valence-electron chi connectivity index (χ4n) is 4.39. The number of piperidine rings is 1. The molecule has 8 heteroatoms. The second-order valence-corrected chi connectivity index (χ2v) is 10.3. The molecular formula is C21H21Cl2FN2O2S. The number of hydrogen-bond donors (Lipinski definition) is 0. The van der Waals surface area contributed by atoms with E-state index >= 15 is 0 Å². The monoisotopic (exact) mass is 454 g/mol. The molecule has 0 radical (unpaired) electrons. The predicted octanol–water partition coefficient (Wildman–Crippen LogP) is 4.86. The quantitative estimate of drug-likeness (QED) is 0.619. The molecule has 0 aromatic heterocycles. The smallest absolute Gasteiger partial charge is 0.265 e. The molecule has 0 aliphatic carbocycles. The van der Waals surface area contributed by atoms with Crippen LogP contribution in [0.25, 0.3) is 0 Å². The minimum absolute atomic E-state index is 0.0000139. The van der Waals surface area contributed by atoms with E-state index in [9.17, 15) is 12.8 Å². The maximum atomic E-state index is 14.1. The first-order valence-corrected chi connectivity index (χ1v) is 11.6. The van der Waals surface area contributed by atoms with E-state index in [1.54, 1.807) is 6.07 Å². The Morgan fingerprint density at radius 2 is 1.86 bits per heavy atom. The van der Waals surface area contributed by atoms with Crippen molar-refractivity contribution in [2.24, 2.45) is 0 Å². The van der Waals surface area contributed by atoms with E-state index in [0.717, 1.165) is 38.0 Å². The van der Waals surface area contributed by atoms with Crippen LogP contribution in [0.2, 0.25) is 10.0 Å². The number of benzene rings is 2. The Morgan fingerprint density at radius 1 is 1.14 bits per heavy atom. The van der Waals surface area contributed by atoms with Crippen molar-refractivity contribution in [3.63, 3.8) is 0 Å². The Labute approximate surface area is 180 Å². The van der Waals surface area contributed by atoms with Gasteiger partial charge in [0.05, 0.1) is 10.7 Å². The molecule has 0 saturated carbocycles. The molecular weight excluding hydrogens is 434 g/mol. The Morgan fingerprint density at radius 3 is 2.52 bits per heavy atom. The lowest BCUT2D eigenvalue weighted by atomic mass is 9.74. The molecule has 2 aromatic carbocycles. The molecule has 154 valence electrons. The number of sulfonamides is 1. The highest BCUT2D eigenvalue weighted by molar-refractivity contribution is 7.93. The number of likely N-dealkylation sites (tertiary alicyclic amines) is 1. The highest BCUT2D eigenvalue weighted by atomic mass is 35.5. The van der Waals surface area contributed by atoms with Gasteiger partial charge in [-0.3, -0.25) is 9.21 Å². The third-order valence-electron chi connectivity index (χ3n) is 5.91. The Bertz CT molecular complexity index is 1070. The van der Waals surface area contributed by atoms with Crippen molar-refractivity contribution < 1.29 is 12.8 Å². The number of hydrogen-bond acceptors (Lipinski definition) is 3. The van der Waals surface area contributed by atoms with Gasteiger partial charge in [0, 0.05) is 23.5 Å². The predicted molar refractivity (Wildman–Crippen MR) is 115 cm³/mol. The van der Waals surface area contributed by atoms with Crippen molar-refractivity contribution in [1.29, 1.82) is 0 Å². The highest BCUT2D eigenvalue weighted by Gasteiger charge is 2.48. The summed E-state index contributed by atoms with van der Waals surface area (Å²) in [6.07, 6.45) is 3.36. The molecule has 0 unspecified atom stereocenters. The van der Waals surface area contributed by atoms with Gasteiger partial charge >= 0.3 is 0 Å². The summed E-state index contributed by atoms with van der Waals surface area (Å²) in [5, 5.41) is 0.437. The fourth-order valence-corrected chi connectivity index (χ4v) is 6.71. The number of anilines is 1. The van der Waals surface area contributed by atoms with Crippen LogP contribution in [-0.4, -0.2) is 39.5 Å². The summed E-state index contributed by atoms with van der Waals surface area (Å²) >= 11 is 12.1. The summed E-state index contributed by atoms with van der Waals surface area (Å²) < 4.78 is 42.5. The largest absolute Gasteiger partial charge is 0.300 e. The van der Waals surface area contributed by atoms with Crippen molar-refractivity contribution in [2.45, 2.75) is 23.2 Å². The lowest BCUT2D eigenvalue weighted by Gasteiger charge is -2.39. The molecule has 0 amide bonds. The third kappa shape index (κ3) is 3.56. The molecule has 2 heterocycles. The van der Waals surface area contributed by atoms with Crippen molar-refractivity contribution in [1.82, 2.24) is 4.90 Å². The van der Waals surface area contributed by atoms with Crippen LogP contribution in [0.3, 0.4) is 0 Å². The SMILES string of the molecule is C=CCN1CCC2(CC1)CN(S(=O)(=O)c1ccc(Cl)cc1Cl)c1ccc(F)cc12. The van der Waals surface area contributed by atoms with E-state index in [1.807, 2.05) is 6.08 Å². The van der Waals surface area contributed by atoms with Crippen LogP contribution in [0.15, 0.2) is 53.9 Å². The average Bonchev–Trinajstić information content (AvgIpc) is 2.98. The molecule has 2 aromatic rings. The van der Waals surface area contributed by atoms with Crippen LogP contribution in [0.4, 0.5) is 10.1 Å². The first kappa shape index (κ1) is 20.7. The number of nitrogens with zero attached hydrogens (tertiary/aromatic N) is 2. The number of fused-ring (bicyclic) bond motifs is 2. The van der Waals surface area contributed by atoms with Gasteiger partial charge in [0.1, 0.15) is 10.7 Å². The van der Waals surface area contributed by atoms with E-state index in [-0.39, 0.29) is 22.3 Å². The molecule has 1 spiro atoms. The second-order valence-electron chi connectivity index (χ2n) is 7.62. The number of halogens is 3. The fraction of sp³-hybridized carbons (Fsp3) is 0.333. The molecule has 0 atom stereocenters. The van der Waals surface area contributed by atoms with Gasteiger partial charge in [0.15, 0.2) is 0 Å². The van der Waals surface area contributed by atoms with Crippen LogP contribution in [0, 0.1) is 5.82 Å². The maximum absolute atomic E-state index is 14.1. The van der Waals surface area contributed by atoms with Crippen LogP contribution in [0.5, 0.6) is 0 Å². The summed E-state index contributed by atoms with van der Waals surface area (Å²) in [5.74, 6) is -0.361. The minimum Gasteiger partial charge on any atom is -0.300 e. The van der Waals surface area contributed by atoms with Crippen LogP contribution < -0.4 is 4.31 Å². The van der Waals surface area contributed by atoms with Gasteiger partial charge in [-0.15, -0.1) is 6.58 Å². The van der Waals surface area contributed by atoms with Crippen LogP contribution in [0.1, 0.15) is 18.4 Å². The highest BCUT2D eigenvalue weighted by Crippen LogP contribution is 2.49. The van der Waals surface area contributed by atoms with Gasteiger partial charge in [-0.1, -0.05) is 29.3 Å². The first-order valence-electron chi connectivity index (χ1n) is 9.38. The molecule has 2 aliphatic rings. The van der Waals surface area contributed by atoms with Crippen molar-refractivity contribution in [3.05, 3.63) is 70.5 Å². The van der Waals surface area contributed by atoms with Crippen molar-refractivity contribution in [2.75, 3.05) is 30.5 Å². The zero-order chi connectivity index (χ0) is 20.8. The van der Waals surface area contributed by atoms with Crippen molar-refractivity contribution >= 4 is 38.9 Å². The van der Waals surface area contributed by atoms with Crippen LogP contribution >= 0.6 is 23.2 Å². The average molecular weight is 455 g/mol. The van der Waals surface area contributed by atoms with E-state index in [2.05, 4.69) is 11.5 Å². The molecule has 1 saturated heterocycles. The van der Waals surface area contributed by atoms with E-state index in [0.29, 0.717) is 10.7 Å². The lowest BCUT2D eigenvalue weighted by molar-refractivity contribution is 0.182. The van der Waals surface area contributed by atoms with E-state index in [1.165, 1.54) is 34.6 Å². The van der Waals surface area contributed by atoms with Crippen molar-refractivity contribution in [3.8, 4) is 0 Å². The molecule has 4 nitrogen and oxygen atoms in total. The van der Waals surface area contributed by atoms with Crippen LogP contribution in [-0.2, 0) is 15.4 Å². The molecule has 1 fully saturated rings. The van der Waals surface area contributed by atoms with Gasteiger partial charge in [0.25, 0.3) is 10.0 Å². The minimum atomic E-state index is -3.92. The number of rotatable bonds is 4. The Hall–Kier alpha value is -1.60. The summed E-state index contributed by atoms with van der Waals surface area (Å²) in [6.45, 7) is 6.45. The van der Waals surface area contributed by atoms with Gasteiger partial charge in [0.2, 0.25) is 0 Å². The van der Waals surface area contributed by atoms with E-state index < -0.39 is 15.4 Å². The normalized spacial score (nSPS) is 18.8. The summed E-state index contributed by atoms with van der Waals surface area (Å²) in [5.41, 5.74) is 0.861. The molecule has 4 rings (SSSR count). The third-order valence-corrected chi connectivity index (χ3v) is 8.39. The van der Waals surface area contributed by atoms with Gasteiger partial charge in [-0.2, -0.15) is 0 Å². The summed E-state index contributed by atoms with van der Waals surface area (Å²) in [6, 6.07) is 8.68. The maximum Gasteiger partial charge on any atom is 0.265 e. The summed E-state index contributed by atoms with van der Waals surface area (Å²) in [4.78, 5) is 2.27. The molecule has 29 heavy (non-hydrogen) atoms. The topological polar surface area (TPSA) is 40.6 Å². The zero-order valence-electron chi connectivity index (χ0n) is 15.7. The van der Waals surface area contributed by atoms with Gasteiger partial charge < -0.3 is 0 Å². The molecule has 2 aliphatic heterocycles. The Balaban J connectivity index is 1.76. The molecule has 0 bridgehead atoms. The lowest BCUT2D eigenvalue weighted by Crippen LogP contribution is -2.46. The van der Waals surface area contributed by atoms with Gasteiger partial charge in [-0.25, -0.2) is 12.8 Å². The Kier molecular flexibility index (Phi) is 5.40. The van der Waals surface area contributed by atoms with E-state index in [4.69, 9.17) is 23.2 Å². The first-order chi connectivity index (χ1) is 13.8. The standard InChI is InChI=1S/C21H21Cl2FN2O2S/c1-2-9-25-10-7-21(8-11-25)14-26(19-5-4-16(24)13-17(19)21)29(27,28)20-6-3-15(22)12-18(20)23/h2-6,12-13H,1,7-11,14H2. The summed E-state index contributed by atoms with van der Waals surface area (Å²) in [7, 11) is -3.92. The molecule has 0 N–H and O–H groups in total. The second kappa shape index (κ2) is 7.58. The van der Waals surface area contributed by atoms with Gasteiger partial charge in [-0.05, 0) is 67.9 Å². The zero-order valence-corrected chi connectivity index (χ0v) is 18.1.